The molecule has 0 aliphatic heterocycles. The van der Waals surface area contributed by atoms with Crippen molar-refractivity contribution in [2.45, 2.75) is 25.9 Å². The Morgan fingerprint density at radius 2 is 1.89 bits per heavy atom. The minimum Gasteiger partial charge on any atom is -0.385 e. The maximum Gasteiger partial charge on any atom is 0.123 e. The second kappa shape index (κ2) is 4.86. The van der Waals surface area contributed by atoms with Crippen molar-refractivity contribution in [3.63, 3.8) is 0 Å². The van der Waals surface area contributed by atoms with E-state index in [4.69, 9.17) is 0 Å². The summed E-state index contributed by atoms with van der Waals surface area (Å²) in [5.41, 5.74) is 1.69. The summed E-state index contributed by atoms with van der Waals surface area (Å²) in [4.78, 5) is 4.05. The average Bonchev–Trinajstić information content (AvgIpc) is 2.32. The van der Waals surface area contributed by atoms with E-state index in [1.807, 2.05) is 13.0 Å². The van der Waals surface area contributed by atoms with Crippen molar-refractivity contribution < 1.29 is 9.50 Å². The van der Waals surface area contributed by atoms with Crippen molar-refractivity contribution in [3.05, 3.63) is 65.2 Å². The molecule has 1 aromatic carbocycles. The van der Waals surface area contributed by atoms with Gasteiger partial charge in [-0.1, -0.05) is 12.1 Å². The lowest BCUT2D eigenvalue weighted by Gasteiger charge is -2.25. The summed E-state index contributed by atoms with van der Waals surface area (Å²) in [5.74, 6) is -0.268. The number of nitrogens with zero attached hydrogens (tertiary/aromatic N) is 1. The van der Waals surface area contributed by atoms with E-state index < -0.39 is 5.60 Å². The summed E-state index contributed by atoms with van der Waals surface area (Å²) in [7, 11) is 0. The highest BCUT2D eigenvalue weighted by Crippen LogP contribution is 2.27. The molecule has 1 N–H and O–H groups in total. The largest absolute Gasteiger partial charge is 0.385 e. The summed E-state index contributed by atoms with van der Waals surface area (Å²) in [6.07, 6.45) is 3.81. The fraction of sp³-hybridized carbons (Fsp3) is 0.267. The molecule has 0 bridgehead atoms. The number of aryl methyl sites for hydroxylation is 1. The third kappa shape index (κ3) is 2.74. The fourth-order valence-corrected chi connectivity index (χ4v) is 2.12. The molecule has 0 saturated carbocycles. The molecule has 2 rings (SSSR count). The molecule has 1 atom stereocenters. The van der Waals surface area contributed by atoms with Gasteiger partial charge in [-0.05, 0) is 43.2 Å². The Morgan fingerprint density at radius 3 is 2.50 bits per heavy atom. The van der Waals surface area contributed by atoms with Crippen LogP contribution in [-0.2, 0) is 12.0 Å². The number of hydrogen-bond acceptors (Lipinski definition) is 2. The Bertz CT molecular complexity index is 534. The lowest BCUT2D eigenvalue weighted by Crippen LogP contribution is -2.25. The predicted molar refractivity (Wildman–Crippen MR) is 68.6 cm³/mol. The summed E-state index contributed by atoms with van der Waals surface area (Å²) in [6.45, 7) is 3.69. The Balaban J connectivity index is 2.27. The van der Waals surface area contributed by atoms with Gasteiger partial charge in [0.15, 0.2) is 0 Å². The monoisotopic (exact) mass is 245 g/mol. The molecule has 94 valence electrons. The zero-order valence-electron chi connectivity index (χ0n) is 10.5. The van der Waals surface area contributed by atoms with Gasteiger partial charge in [0, 0.05) is 24.4 Å². The van der Waals surface area contributed by atoms with E-state index in [2.05, 4.69) is 4.98 Å². The van der Waals surface area contributed by atoms with Gasteiger partial charge in [0.05, 0.1) is 5.60 Å². The standard InChI is InChI=1S/C15H16FNO/c1-11-7-8-17-10-14(11)15(2,18)9-12-3-5-13(16)6-4-12/h3-8,10,18H,9H2,1-2H3. The van der Waals surface area contributed by atoms with Gasteiger partial charge < -0.3 is 5.11 Å². The first kappa shape index (κ1) is 12.7. The number of pyridine rings is 1. The lowest BCUT2D eigenvalue weighted by atomic mass is 9.88. The predicted octanol–water partition coefficient (Wildman–Crippen LogP) is 2.98. The van der Waals surface area contributed by atoms with Crippen molar-refractivity contribution in [1.82, 2.24) is 4.98 Å². The van der Waals surface area contributed by atoms with Gasteiger partial charge in [0.1, 0.15) is 5.82 Å². The van der Waals surface area contributed by atoms with E-state index >= 15 is 0 Å². The highest BCUT2D eigenvalue weighted by atomic mass is 19.1. The Kier molecular flexibility index (Phi) is 3.43. The maximum atomic E-state index is 12.8. The van der Waals surface area contributed by atoms with Crippen molar-refractivity contribution in [3.8, 4) is 0 Å². The number of aromatic nitrogens is 1. The summed E-state index contributed by atoms with van der Waals surface area (Å²) >= 11 is 0. The van der Waals surface area contributed by atoms with E-state index in [0.717, 1.165) is 16.7 Å². The van der Waals surface area contributed by atoms with Crippen LogP contribution in [-0.4, -0.2) is 10.1 Å². The van der Waals surface area contributed by atoms with Crippen molar-refractivity contribution in [2.24, 2.45) is 0 Å². The second-order valence-electron chi connectivity index (χ2n) is 4.77. The van der Waals surface area contributed by atoms with Crippen LogP contribution in [0.3, 0.4) is 0 Å². The molecule has 18 heavy (non-hydrogen) atoms. The first-order chi connectivity index (χ1) is 8.49. The SMILES string of the molecule is Cc1ccncc1C(C)(O)Cc1ccc(F)cc1. The molecule has 2 aromatic rings. The molecule has 0 saturated heterocycles. The maximum absolute atomic E-state index is 12.8. The number of aliphatic hydroxyl groups is 1. The summed E-state index contributed by atoms with van der Waals surface area (Å²) in [5, 5.41) is 10.6. The zero-order valence-corrected chi connectivity index (χ0v) is 10.5. The average molecular weight is 245 g/mol. The van der Waals surface area contributed by atoms with E-state index in [9.17, 15) is 9.50 Å². The highest BCUT2D eigenvalue weighted by Gasteiger charge is 2.25. The first-order valence-corrected chi connectivity index (χ1v) is 5.87. The molecule has 2 nitrogen and oxygen atoms in total. The molecular weight excluding hydrogens is 229 g/mol. The van der Waals surface area contributed by atoms with Gasteiger partial charge in [-0.25, -0.2) is 4.39 Å². The number of benzene rings is 1. The number of halogens is 1. The van der Waals surface area contributed by atoms with Crippen LogP contribution in [0.4, 0.5) is 4.39 Å². The molecule has 0 spiro atoms. The van der Waals surface area contributed by atoms with Gasteiger partial charge >= 0.3 is 0 Å². The van der Waals surface area contributed by atoms with Crippen molar-refractivity contribution in [1.29, 1.82) is 0 Å². The third-order valence-corrected chi connectivity index (χ3v) is 3.08. The van der Waals surface area contributed by atoms with Crippen LogP contribution < -0.4 is 0 Å². The molecule has 0 radical (unpaired) electrons. The molecule has 3 heteroatoms. The van der Waals surface area contributed by atoms with Crippen LogP contribution in [0.1, 0.15) is 23.6 Å². The molecule has 0 fully saturated rings. The minimum absolute atomic E-state index is 0.268. The first-order valence-electron chi connectivity index (χ1n) is 5.87. The van der Waals surface area contributed by atoms with Crippen molar-refractivity contribution >= 4 is 0 Å². The van der Waals surface area contributed by atoms with Gasteiger partial charge in [0.2, 0.25) is 0 Å². The smallest absolute Gasteiger partial charge is 0.123 e. The number of hydrogen-bond donors (Lipinski definition) is 1. The van der Waals surface area contributed by atoms with E-state index in [-0.39, 0.29) is 5.82 Å². The third-order valence-electron chi connectivity index (χ3n) is 3.08. The topological polar surface area (TPSA) is 33.1 Å². The Morgan fingerprint density at radius 1 is 1.22 bits per heavy atom. The van der Waals surface area contributed by atoms with Crippen LogP contribution in [0.25, 0.3) is 0 Å². The van der Waals surface area contributed by atoms with Gasteiger partial charge in [-0.2, -0.15) is 0 Å². The van der Waals surface area contributed by atoms with Crippen LogP contribution in [0.5, 0.6) is 0 Å². The molecule has 0 aliphatic rings. The molecule has 1 unspecified atom stereocenters. The quantitative estimate of drug-likeness (QED) is 0.901. The van der Waals surface area contributed by atoms with Crippen molar-refractivity contribution in [2.75, 3.05) is 0 Å². The minimum atomic E-state index is -1.00. The van der Waals surface area contributed by atoms with Gasteiger partial charge in [-0.3, -0.25) is 4.98 Å². The second-order valence-corrected chi connectivity index (χ2v) is 4.77. The highest BCUT2D eigenvalue weighted by molar-refractivity contribution is 5.30. The normalized spacial score (nSPS) is 14.2. The molecule has 1 aromatic heterocycles. The fourth-order valence-electron chi connectivity index (χ4n) is 2.12. The summed E-state index contributed by atoms with van der Waals surface area (Å²) < 4.78 is 12.8. The summed E-state index contributed by atoms with van der Waals surface area (Å²) in [6, 6.07) is 8.06. The van der Waals surface area contributed by atoms with Gasteiger partial charge in [-0.15, -0.1) is 0 Å². The van der Waals surface area contributed by atoms with E-state index in [1.54, 1.807) is 31.5 Å². The lowest BCUT2D eigenvalue weighted by molar-refractivity contribution is 0.0566. The van der Waals surface area contributed by atoms with Crippen LogP contribution in [0.2, 0.25) is 0 Å². The Labute approximate surface area is 106 Å². The molecular formula is C15H16FNO. The molecule has 0 amide bonds. The zero-order chi connectivity index (χ0) is 13.2. The molecule has 1 heterocycles. The van der Waals surface area contributed by atoms with Crippen LogP contribution in [0, 0.1) is 12.7 Å². The molecule has 0 aliphatic carbocycles. The van der Waals surface area contributed by atoms with Crippen LogP contribution in [0.15, 0.2) is 42.7 Å². The van der Waals surface area contributed by atoms with Crippen LogP contribution >= 0.6 is 0 Å². The van der Waals surface area contributed by atoms with Gasteiger partial charge in [0.25, 0.3) is 0 Å². The Hall–Kier alpha value is -1.74. The number of rotatable bonds is 3. The van der Waals surface area contributed by atoms with E-state index in [1.165, 1.54) is 12.1 Å². The van der Waals surface area contributed by atoms with E-state index in [0.29, 0.717) is 6.42 Å².